The maximum absolute atomic E-state index is 6.12. The molecule has 0 bridgehead atoms. The van der Waals surface area contributed by atoms with Gasteiger partial charge in [0, 0.05) is 22.9 Å². The van der Waals surface area contributed by atoms with Crippen molar-refractivity contribution < 1.29 is 4.74 Å². The Kier molecular flexibility index (Phi) is 10.6. The number of unbranched alkanes of at least 4 members (excludes halogenated alkanes) is 10. The lowest BCUT2D eigenvalue weighted by Crippen LogP contribution is -2.04. The van der Waals surface area contributed by atoms with Gasteiger partial charge in [-0.25, -0.2) is 4.98 Å². The quantitative estimate of drug-likeness (QED) is 0.0682. The van der Waals surface area contributed by atoms with Crippen LogP contribution in [-0.4, -0.2) is 24.0 Å². The maximum Gasteiger partial charge on any atom is 0.141 e. The van der Waals surface area contributed by atoms with Crippen molar-refractivity contribution in [2.24, 2.45) is 0 Å². The SMILES string of the molecule is Bc1ccc2c3ccc(C)cc3c3nc(-c4ccc(OCCCCCCCC)cc4)n(CCCCCCCC)c3c2c1. The summed E-state index contributed by atoms with van der Waals surface area (Å²) in [5.74, 6) is 2.02. The molecule has 1 aromatic heterocycles. The summed E-state index contributed by atoms with van der Waals surface area (Å²) in [4.78, 5) is 5.42. The molecule has 220 valence electrons. The predicted molar refractivity (Wildman–Crippen MR) is 185 cm³/mol. The summed E-state index contributed by atoms with van der Waals surface area (Å²) in [6.45, 7) is 8.51. The Morgan fingerprint density at radius 1 is 0.667 bits per heavy atom. The molecule has 3 nitrogen and oxygen atoms in total. The summed E-state index contributed by atoms with van der Waals surface area (Å²) in [6, 6.07) is 22.4. The fourth-order valence-corrected chi connectivity index (χ4v) is 6.35. The Morgan fingerprint density at radius 2 is 1.31 bits per heavy atom. The van der Waals surface area contributed by atoms with Gasteiger partial charge >= 0.3 is 0 Å². The number of hydrogen-bond donors (Lipinski definition) is 0. The Labute approximate surface area is 254 Å². The molecule has 0 radical (unpaired) electrons. The summed E-state index contributed by atoms with van der Waals surface area (Å²) < 4.78 is 8.64. The molecule has 0 fully saturated rings. The van der Waals surface area contributed by atoms with Crippen molar-refractivity contribution in [3.63, 3.8) is 0 Å². The second kappa shape index (κ2) is 14.8. The third kappa shape index (κ3) is 7.02. The average molecular weight is 561 g/mol. The van der Waals surface area contributed by atoms with Gasteiger partial charge in [0.15, 0.2) is 0 Å². The summed E-state index contributed by atoms with van der Waals surface area (Å²) in [5, 5.41) is 5.17. The van der Waals surface area contributed by atoms with Crippen molar-refractivity contribution in [2.75, 3.05) is 6.61 Å². The molecule has 0 aliphatic heterocycles. The van der Waals surface area contributed by atoms with Gasteiger partial charge in [-0.1, -0.05) is 119 Å². The molecule has 1 heterocycles. The molecule has 0 spiro atoms. The van der Waals surface area contributed by atoms with Crippen molar-refractivity contribution in [3.8, 4) is 17.1 Å². The second-order valence-corrected chi connectivity index (χ2v) is 12.3. The van der Waals surface area contributed by atoms with Gasteiger partial charge in [-0.15, -0.1) is 0 Å². The van der Waals surface area contributed by atoms with Crippen LogP contribution < -0.4 is 10.2 Å². The Bertz CT molecular complexity index is 1600. The molecule has 0 unspecified atom stereocenters. The van der Waals surface area contributed by atoms with Crippen molar-refractivity contribution in [1.82, 2.24) is 9.55 Å². The molecule has 0 N–H and O–H groups in total. The first-order chi connectivity index (χ1) is 20.6. The molecule has 0 aliphatic carbocycles. The van der Waals surface area contributed by atoms with E-state index in [-0.39, 0.29) is 0 Å². The number of rotatable bonds is 16. The van der Waals surface area contributed by atoms with Crippen LogP contribution >= 0.6 is 0 Å². The highest BCUT2D eigenvalue weighted by Gasteiger charge is 2.19. The monoisotopic (exact) mass is 560 g/mol. The zero-order chi connectivity index (χ0) is 29.3. The molecule has 0 aliphatic rings. The van der Waals surface area contributed by atoms with Crippen LogP contribution in [0.2, 0.25) is 0 Å². The molecule has 0 saturated heterocycles. The smallest absolute Gasteiger partial charge is 0.141 e. The highest BCUT2D eigenvalue weighted by atomic mass is 16.5. The van der Waals surface area contributed by atoms with E-state index in [4.69, 9.17) is 9.72 Å². The number of aromatic nitrogens is 2. The number of benzene rings is 4. The summed E-state index contributed by atoms with van der Waals surface area (Å²) >= 11 is 0. The molecular weight excluding hydrogens is 511 g/mol. The van der Waals surface area contributed by atoms with Crippen LogP contribution in [0.1, 0.15) is 96.5 Å². The fourth-order valence-electron chi connectivity index (χ4n) is 6.35. The molecule has 0 amide bonds. The molecule has 0 saturated carbocycles. The minimum absolute atomic E-state index is 0.790. The first kappa shape index (κ1) is 30.2. The molecule has 42 heavy (non-hydrogen) atoms. The van der Waals surface area contributed by atoms with Gasteiger partial charge in [0.1, 0.15) is 19.4 Å². The van der Waals surface area contributed by atoms with Crippen LogP contribution in [0, 0.1) is 6.92 Å². The van der Waals surface area contributed by atoms with Crippen molar-refractivity contribution in [1.29, 1.82) is 0 Å². The van der Waals surface area contributed by atoms with E-state index in [1.165, 1.54) is 109 Å². The normalized spacial score (nSPS) is 11.7. The number of ether oxygens (including phenoxy) is 1. The van der Waals surface area contributed by atoms with E-state index in [9.17, 15) is 0 Å². The van der Waals surface area contributed by atoms with Gasteiger partial charge in [0.2, 0.25) is 0 Å². The van der Waals surface area contributed by atoms with Crippen LogP contribution in [0.15, 0.2) is 60.7 Å². The summed E-state index contributed by atoms with van der Waals surface area (Å²) in [5.41, 5.74) is 6.12. The van der Waals surface area contributed by atoms with E-state index in [1.807, 2.05) is 0 Å². The second-order valence-electron chi connectivity index (χ2n) is 12.3. The zero-order valence-electron chi connectivity index (χ0n) is 26.5. The molecule has 0 atom stereocenters. The summed E-state index contributed by atoms with van der Waals surface area (Å²) in [6.07, 6.45) is 15.4. The lowest BCUT2D eigenvalue weighted by Gasteiger charge is -2.13. The van der Waals surface area contributed by atoms with Crippen LogP contribution in [0.4, 0.5) is 0 Å². The molecular formula is C38H49BN2O. The Hall–Kier alpha value is -3.27. The van der Waals surface area contributed by atoms with Crippen molar-refractivity contribution in [3.05, 3.63) is 66.2 Å². The van der Waals surface area contributed by atoms with E-state index < -0.39 is 0 Å². The first-order valence-electron chi connectivity index (χ1n) is 16.7. The summed E-state index contributed by atoms with van der Waals surface area (Å²) in [7, 11) is 2.20. The fraction of sp³-hybridized carbons (Fsp3) is 0.447. The van der Waals surface area contributed by atoms with Gasteiger partial charge in [-0.2, -0.15) is 0 Å². The van der Waals surface area contributed by atoms with Gasteiger partial charge in [-0.05, 0) is 60.9 Å². The number of hydrogen-bond acceptors (Lipinski definition) is 2. The average Bonchev–Trinajstić information content (AvgIpc) is 3.38. The molecule has 4 aromatic carbocycles. The number of fused-ring (bicyclic) bond motifs is 6. The van der Waals surface area contributed by atoms with Gasteiger partial charge in [0.05, 0.1) is 17.6 Å². The van der Waals surface area contributed by atoms with Crippen molar-refractivity contribution >= 4 is 45.9 Å². The van der Waals surface area contributed by atoms with Crippen LogP contribution in [0.3, 0.4) is 0 Å². The van der Waals surface area contributed by atoms with Gasteiger partial charge < -0.3 is 9.30 Å². The van der Waals surface area contributed by atoms with Gasteiger partial charge in [-0.3, -0.25) is 0 Å². The highest BCUT2D eigenvalue weighted by Crippen LogP contribution is 2.38. The Balaban J connectivity index is 1.50. The largest absolute Gasteiger partial charge is 0.494 e. The topological polar surface area (TPSA) is 27.1 Å². The van der Waals surface area contributed by atoms with E-state index >= 15 is 0 Å². The lowest BCUT2D eigenvalue weighted by molar-refractivity contribution is 0.304. The van der Waals surface area contributed by atoms with Gasteiger partial charge in [0.25, 0.3) is 0 Å². The minimum atomic E-state index is 0.790. The van der Waals surface area contributed by atoms with Crippen LogP contribution in [0.25, 0.3) is 44.0 Å². The highest BCUT2D eigenvalue weighted by molar-refractivity contribution is 6.35. The van der Waals surface area contributed by atoms with Crippen LogP contribution in [-0.2, 0) is 6.54 Å². The third-order valence-electron chi connectivity index (χ3n) is 8.73. The van der Waals surface area contributed by atoms with Crippen LogP contribution in [0.5, 0.6) is 5.75 Å². The molecule has 4 heteroatoms. The minimum Gasteiger partial charge on any atom is -0.494 e. The Morgan fingerprint density at radius 3 is 2.05 bits per heavy atom. The van der Waals surface area contributed by atoms with E-state index in [0.717, 1.165) is 42.2 Å². The van der Waals surface area contributed by atoms with E-state index in [2.05, 4.69) is 93.8 Å². The van der Waals surface area contributed by atoms with E-state index in [0.29, 0.717) is 0 Å². The first-order valence-corrected chi connectivity index (χ1v) is 16.7. The maximum atomic E-state index is 6.12. The lowest BCUT2D eigenvalue weighted by atomic mass is 9.90. The predicted octanol–water partition coefficient (Wildman–Crippen LogP) is 9.68. The standard InChI is InChI=1S/C38H49BN2O/c1-4-6-8-10-12-14-24-41-37-35-27-30(39)19-23-33(35)32-22-16-28(3)26-34(32)36(37)40-38(41)29-17-20-31(21-18-29)42-25-15-13-11-9-7-5-2/h16-23,26-27H,4-15,24-25,39H2,1-3H3. The molecule has 5 aromatic rings. The third-order valence-corrected chi connectivity index (χ3v) is 8.73. The molecule has 5 rings (SSSR count). The number of aryl methyl sites for hydroxylation is 2. The van der Waals surface area contributed by atoms with Crippen molar-refractivity contribution in [2.45, 2.75) is 104 Å². The van der Waals surface area contributed by atoms with E-state index in [1.54, 1.807) is 0 Å². The number of imidazole rings is 1. The zero-order valence-corrected chi connectivity index (χ0v) is 26.5. The number of nitrogens with zero attached hydrogens (tertiary/aromatic N) is 2.